The fraction of sp³-hybridized carbons (Fsp3) is 0.167. The van der Waals surface area contributed by atoms with Crippen LogP contribution in [0.25, 0.3) is 10.9 Å². The molecule has 0 bridgehead atoms. The molecule has 0 aliphatic carbocycles. The summed E-state index contributed by atoms with van der Waals surface area (Å²) in [5, 5.41) is 0.464. The van der Waals surface area contributed by atoms with Gasteiger partial charge in [0.2, 0.25) is 0 Å². The number of H-pyrrole nitrogens is 1. The monoisotopic (exact) mass is 406 g/mol. The van der Waals surface area contributed by atoms with Crippen LogP contribution < -0.4 is 5.56 Å². The summed E-state index contributed by atoms with van der Waals surface area (Å²) in [5.41, 5.74) is 1.04. The number of aromatic nitrogens is 2. The van der Waals surface area contributed by atoms with Crippen molar-refractivity contribution in [2.24, 2.45) is 0 Å². The largest absolute Gasteiger partial charge is 0.454 e. The summed E-state index contributed by atoms with van der Waals surface area (Å²) in [6.45, 7) is 1.56. The number of carbonyl (C=O) groups is 1. The Balaban J connectivity index is 1.85. The van der Waals surface area contributed by atoms with Crippen LogP contribution in [0.1, 0.15) is 21.7 Å². The van der Waals surface area contributed by atoms with E-state index in [-0.39, 0.29) is 33.5 Å². The smallest absolute Gasteiger partial charge is 0.338 e. The van der Waals surface area contributed by atoms with Crippen LogP contribution in [0.5, 0.6) is 0 Å². The van der Waals surface area contributed by atoms with Gasteiger partial charge < -0.3 is 9.72 Å². The number of hydrogen-bond acceptors (Lipinski definition) is 6. The molecular weight excluding hydrogens is 392 g/mol. The zero-order chi connectivity index (χ0) is 19.8. The van der Waals surface area contributed by atoms with E-state index in [2.05, 4.69) is 9.97 Å². The minimum Gasteiger partial charge on any atom is -0.454 e. The maximum atomic E-state index is 12.2. The zero-order valence-electron chi connectivity index (χ0n) is 14.4. The van der Waals surface area contributed by atoms with Gasteiger partial charge in [0.1, 0.15) is 12.4 Å². The molecule has 0 fully saturated rings. The highest BCUT2D eigenvalue weighted by molar-refractivity contribution is 7.90. The Labute approximate surface area is 159 Å². The van der Waals surface area contributed by atoms with Crippen LogP contribution in [0.3, 0.4) is 0 Å². The summed E-state index contributed by atoms with van der Waals surface area (Å²) < 4.78 is 28.6. The average Bonchev–Trinajstić information content (AvgIpc) is 2.60. The SMILES string of the molecule is Cc1cccc2c(=O)[nH]c(COC(=O)c3ccc(Cl)c(S(C)(=O)=O)c3)nc12. The van der Waals surface area contributed by atoms with E-state index in [1.165, 1.54) is 12.1 Å². The Kier molecular flexibility index (Phi) is 5.03. The van der Waals surface area contributed by atoms with Crippen LogP contribution in [0.4, 0.5) is 0 Å². The van der Waals surface area contributed by atoms with E-state index in [4.69, 9.17) is 16.3 Å². The molecule has 1 N–H and O–H groups in total. The number of rotatable bonds is 4. The minimum atomic E-state index is -3.59. The average molecular weight is 407 g/mol. The van der Waals surface area contributed by atoms with Gasteiger partial charge in [-0.25, -0.2) is 18.2 Å². The summed E-state index contributed by atoms with van der Waals surface area (Å²) in [6, 6.07) is 9.07. The van der Waals surface area contributed by atoms with Gasteiger partial charge in [-0.1, -0.05) is 23.7 Å². The third kappa shape index (κ3) is 4.01. The molecule has 1 heterocycles. The standard InChI is InChI=1S/C18H15ClN2O5S/c1-10-4-3-5-12-16(10)20-15(21-17(12)22)9-26-18(23)11-6-7-13(19)14(8-11)27(2,24)25/h3-8H,9H2,1-2H3,(H,20,21,22). The molecule has 140 valence electrons. The van der Waals surface area contributed by atoms with Gasteiger partial charge in [0.15, 0.2) is 9.84 Å². The lowest BCUT2D eigenvalue weighted by Gasteiger charge is -2.08. The number of esters is 1. The molecule has 0 unspecified atom stereocenters. The highest BCUT2D eigenvalue weighted by Crippen LogP contribution is 2.23. The molecule has 3 rings (SSSR count). The van der Waals surface area contributed by atoms with Crippen molar-refractivity contribution in [1.82, 2.24) is 9.97 Å². The van der Waals surface area contributed by atoms with Crippen molar-refractivity contribution in [2.75, 3.05) is 6.26 Å². The molecule has 0 aliphatic heterocycles. The van der Waals surface area contributed by atoms with Gasteiger partial charge in [-0.3, -0.25) is 4.79 Å². The molecule has 3 aromatic rings. The van der Waals surface area contributed by atoms with Crippen LogP contribution in [-0.2, 0) is 21.2 Å². The lowest BCUT2D eigenvalue weighted by molar-refractivity contribution is 0.0462. The number of nitrogens with one attached hydrogen (secondary N) is 1. The van der Waals surface area contributed by atoms with Crippen molar-refractivity contribution in [3.8, 4) is 0 Å². The van der Waals surface area contributed by atoms with Gasteiger partial charge in [0.05, 0.1) is 26.4 Å². The second-order valence-electron chi connectivity index (χ2n) is 5.98. The van der Waals surface area contributed by atoms with Crippen molar-refractivity contribution in [2.45, 2.75) is 18.4 Å². The first kappa shape index (κ1) is 19.1. The molecule has 0 aliphatic rings. The highest BCUT2D eigenvalue weighted by Gasteiger charge is 2.17. The molecule has 27 heavy (non-hydrogen) atoms. The third-order valence-corrected chi connectivity index (χ3v) is 5.47. The van der Waals surface area contributed by atoms with E-state index >= 15 is 0 Å². The third-order valence-electron chi connectivity index (χ3n) is 3.89. The molecule has 7 nitrogen and oxygen atoms in total. The Morgan fingerprint density at radius 3 is 2.70 bits per heavy atom. The van der Waals surface area contributed by atoms with Crippen molar-refractivity contribution >= 4 is 38.3 Å². The number of fused-ring (bicyclic) bond motifs is 1. The number of carbonyl (C=O) groups excluding carboxylic acids is 1. The van der Waals surface area contributed by atoms with E-state index in [9.17, 15) is 18.0 Å². The lowest BCUT2D eigenvalue weighted by Crippen LogP contribution is -2.15. The van der Waals surface area contributed by atoms with E-state index in [1.807, 2.05) is 13.0 Å². The van der Waals surface area contributed by atoms with E-state index in [0.717, 1.165) is 17.9 Å². The summed E-state index contributed by atoms with van der Waals surface area (Å²) in [5.74, 6) is -0.573. The predicted molar refractivity (Wildman–Crippen MR) is 101 cm³/mol. The number of hydrogen-bond donors (Lipinski definition) is 1. The topological polar surface area (TPSA) is 106 Å². The molecule has 0 saturated heterocycles. The normalized spacial score (nSPS) is 11.5. The van der Waals surface area contributed by atoms with Crippen LogP contribution in [0.15, 0.2) is 46.1 Å². The Bertz CT molecular complexity index is 1220. The Morgan fingerprint density at radius 1 is 1.26 bits per heavy atom. The van der Waals surface area contributed by atoms with Crippen LogP contribution in [0.2, 0.25) is 5.02 Å². The van der Waals surface area contributed by atoms with E-state index in [0.29, 0.717) is 10.9 Å². The molecule has 0 radical (unpaired) electrons. The molecular formula is C18H15ClN2O5S. The quantitative estimate of drug-likeness (QED) is 0.667. The molecule has 0 saturated carbocycles. The van der Waals surface area contributed by atoms with Crippen LogP contribution in [-0.4, -0.2) is 30.6 Å². The summed E-state index contributed by atoms with van der Waals surface area (Å²) in [7, 11) is -3.59. The summed E-state index contributed by atoms with van der Waals surface area (Å²) >= 11 is 5.87. The first-order chi connectivity index (χ1) is 12.7. The second kappa shape index (κ2) is 7.13. The van der Waals surface area contributed by atoms with Crippen molar-refractivity contribution in [3.05, 3.63) is 68.7 Å². The van der Waals surface area contributed by atoms with Gasteiger partial charge in [0, 0.05) is 6.26 Å². The number of benzene rings is 2. The first-order valence-electron chi connectivity index (χ1n) is 7.82. The number of para-hydroxylation sites is 1. The van der Waals surface area contributed by atoms with Gasteiger partial charge in [-0.15, -0.1) is 0 Å². The lowest BCUT2D eigenvalue weighted by atomic mass is 10.1. The van der Waals surface area contributed by atoms with Crippen LogP contribution >= 0.6 is 11.6 Å². The molecule has 0 atom stereocenters. The van der Waals surface area contributed by atoms with E-state index < -0.39 is 15.8 Å². The van der Waals surface area contributed by atoms with Gasteiger partial charge in [0.25, 0.3) is 5.56 Å². The Morgan fingerprint density at radius 2 is 2.00 bits per heavy atom. The zero-order valence-corrected chi connectivity index (χ0v) is 16.0. The summed E-state index contributed by atoms with van der Waals surface area (Å²) in [4.78, 5) is 31.1. The van der Waals surface area contributed by atoms with Crippen molar-refractivity contribution < 1.29 is 17.9 Å². The maximum Gasteiger partial charge on any atom is 0.338 e. The van der Waals surface area contributed by atoms with Gasteiger partial charge in [-0.05, 0) is 36.8 Å². The number of aryl methyl sites for hydroxylation is 1. The number of halogens is 1. The molecule has 1 aromatic heterocycles. The predicted octanol–water partition coefficient (Wildman–Crippen LogP) is 2.65. The number of ether oxygens (including phenoxy) is 1. The summed E-state index contributed by atoms with van der Waals surface area (Å²) in [6.07, 6.45) is 0.995. The van der Waals surface area contributed by atoms with Gasteiger partial charge in [-0.2, -0.15) is 0 Å². The maximum absolute atomic E-state index is 12.2. The van der Waals surface area contributed by atoms with Crippen molar-refractivity contribution in [1.29, 1.82) is 0 Å². The van der Waals surface area contributed by atoms with E-state index in [1.54, 1.807) is 12.1 Å². The van der Waals surface area contributed by atoms with Gasteiger partial charge >= 0.3 is 5.97 Å². The number of nitrogens with zero attached hydrogens (tertiary/aromatic N) is 1. The Hall–Kier alpha value is -2.71. The highest BCUT2D eigenvalue weighted by atomic mass is 35.5. The molecule has 0 amide bonds. The van der Waals surface area contributed by atoms with Crippen LogP contribution in [0, 0.1) is 6.92 Å². The molecule has 9 heteroatoms. The fourth-order valence-corrected chi connectivity index (χ4v) is 3.85. The number of sulfone groups is 1. The molecule has 0 spiro atoms. The van der Waals surface area contributed by atoms with Crippen molar-refractivity contribution in [3.63, 3.8) is 0 Å². The minimum absolute atomic E-state index is 0.0186. The fourth-order valence-electron chi connectivity index (χ4n) is 2.55. The second-order valence-corrected chi connectivity index (χ2v) is 8.37. The first-order valence-corrected chi connectivity index (χ1v) is 10.1. The number of aromatic amines is 1. The molecule has 2 aromatic carbocycles.